The molecule has 1 aromatic rings. The second-order valence-corrected chi connectivity index (χ2v) is 7.06. The normalized spacial score (nSPS) is 18.2. The molecule has 3 nitrogen and oxygen atoms in total. The van der Waals surface area contributed by atoms with Gasteiger partial charge in [0, 0.05) is 30.2 Å². The van der Waals surface area contributed by atoms with Crippen molar-refractivity contribution < 1.29 is 4.79 Å². The Morgan fingerprint density at radius 3 is 2.90 bits per heavy atom. The number of carbonyl (C=O) groups excluding carboxylic acids is 1. The fourth-order valence-electron chi connectivity index (χ4n) is 2.73. The van der Waals surface area contributed by atoms with Gasteiger partial charge in [0.15, 0.2) is 0 Å². The number of hydrogen-bond acceptors (Lipinski definition) is 3. The van der Waals surface area contributed by atoms with E-state index in [9.17, 15) is 4.79 Å². The summed E-state index contributed by atoms with van der Waals surface area (Å²) in [5, 5.41) is 3.20. The molecule has 0 spiro atoms. The molecule has 1 atom stereocenters. The molecule has 1 amide bonds. The summed E-state index contributed by atoms with van der Waals surface area (Å²) in [6, 6.07) is 6.52. The Morgan fingerprint density at radius 1 is 1.38 bits per heavy atom. The molecule has 1 N–H and O–H groups in total. The standard InChI is InChI=1S/C17H26N2OS/c1-13-4-5-16(10-14(13)2)21-9-7-17(20)19-8-6-15(12-19)11-18-3/h4-5,10,15,18H,6-9,11-12H2,1-3H3. The summed E-state index contributed by atoms with van der Waals surface area (Å²) >= 11 is 1.78. The topological polar surface area (TPSA) is 32.3 Å². The van der Waals surface area contributed by atoms with Crippen LogP contribution < -0.4 is 5.32 Å². The highest BCUT2D eigenvalue weighted by Crippen LogP contribution is 2.23. The highest BCUT2D eigenvalue weighted by molar-refractivity contribution is 7.99. The average molecular weight is 306 g/mol. The van der Waals surface area contributed by atoms with Crippen LogP contribution in [-0.2, 0) is 4.79 Å². The van der Waals surface area contributed by atoms with Crippen LogP contribution >= 0.6 is 11.8 Å². The van der Waals surface area contributed by atoms with Gasteiger partial charge in [-0.15, -0.1) is 11.8 Å². The first kappa shape index (κ1) is 16.4. The number of thioether (sulfide) groups is 1. The zero-order chi connectivity index (χ0) is 15.2. The van der Waals surface area contributed by atoms with E-state index in [1.54, 1.807) is 11.8 Å². The quantitative estimate of drug-likeness (QED) is 0.820. The molecule has 2 rings (SSSR count). The number of amides is 1. The Hall–Kier alpha value is -1.00. The van der Waals surface area contributed by atoms with Crippen LogP contribution in [0.1, 0.15) is 24.0 Å². The lowest BCUT2D eigenvalue weighted by Gasteiger charge is -2.16. The molecule has 1 aromatic carbocycles. The number of nitrogens with one attached hydrogen (secondary N) is 1. The van der Waals surface area contributed by atoms with Gasteiger partial charge in [0.05, 0.1) is 0 Å². The molecule has 0 saturated carbocycles. The molecular formula is C17H26N2OS. The minimum absolute atomic E-state index is 0.310. The van der Waals surface area contributed by atoms with E-state index in [0.717, 1.165) is 31.8 Å². The van der Waals surface area contributed by atoms with Crippen molar-refractivity contribution in [2.24, 2.45) is 5.92 Å². The molecule has 1 heterocycles. The van der Waals surface area contributed by atoms with Crippen LogP contribution in [0.3, 0.4) is 0 Å². The number of rotatable bonds is 6. The van der Waals surface area contributed by atoms with Crippen LogP contribution in [0.2, 0.25) is 0 Å². The van der Waals surface area contributed by atoms with Crippen molar-refractivity contribution in [2.75, 3.05) is 32.4 Å². The summed E-state index contributed by atoms with van der Waals surface area (Å²) in [5.74, 6) is 1.81. The molecule has 1 fully saturated rings. The number of likely N-dealkylation sites (tertiary alicyclic amines) is 1. The molecule has 0 radical (unpaired) electrons. The monoisotopic (exact) mass is 306 g/mol. The average Bonchev–Trinajstić information content (AvgIpc) is 2.92. The van der Waals surface area contributed by atoms with E-state index in [0.29, 0.717) is 18.2 Å². The first-order chi connectivity index (χ1) is 10.1. The van der Waals surface area contributed by atoms with Crippen molar-refractivity contribution in [3.63, 3.8) is 0 Å². The van der Waals surface area contributed by atoms with Crippen molar-refractivity contribution in [1.29, 1.82) is 0 Å². The molecule has 1 unspecified atom stereocenters. The van der Waals surface area contributed by atoms with E-state index in [2.05, 4.69) is 37.4 Å². The minimum Gasteiger partial charge on any atom is -0.342 e. The van der Waals surface area contributed by atoms with Crippen LogP contribution in [0.4, 0.5) is 0 Å². The summed E-state index contributed by atoms with van der Waals surface area (Å²) in [6.45, 7) is 7.13. The first-order valence-corrected chi connectivity index (χ1v) is 8.71. The van der Waals surface area contributed by atoms with Crippen LogP contribution in [-0.4, -0.2) is 43.2 Å². The van der Waals surface area contributed by atoms with Gasteiger partial charge < -0.3 is 10.2 Å². The number of benzene rings is 1. The zero-order valence-electron chi connectivity index (χ0n) is 13.3. The second kappa shape index (κ2) is 7.85. The maximum atomic E-state index is 12.2. The molecular weight excluding hydrogens is 280 g/mol. The van der Waals surface area contributed by atoms with E-state index in [-0.39, 0.29) is 0 Å². The number of nitrogens with zero attached hydrogens (tertiary/aromatic N) is 1. The molecule has 1 aliphatic rings. The van der Waals surface area contributed by atoms with Gasteiger partial charge in [0.25, 0.3) is 0 Å². The Morgan fingerprint density at radius 2 is 2.19 bits per heavy atom. The fraction of sp³-hybridized carbons (Fsp3) is 0.588. The van der Waals surface area contributed by atoms with Crippen LogP contribution in [0.25, 0.3) is 0 Å². The number of carbonyl (C=O) groups is 1. The molecule has 1 saturated heterocycles. The second-order valence-electron chi connectivity index (χ2n) is 5.90. The van der Waals surface area contributed by atoms with Gasteiger partial charge in [-0.1, -0.05) is 6.07 Å². The molecule has 0 bridgehead atoms. The molecule has 1 aliphatic heterocycles. The van der Waals surface area contributed by atoms with Gasteiger partial charge in [0.2, 0.25) is 5.91 Å². The zero-order valence-corrected chi connectivity index (χ0v) is 14.1. The molecule has 0 aliphatic carbocycles. The van der Waals surface area contributed by atoms with E-state index in [4.69, 9.17) is 0 Å². The lowest BCUT2D eigenvalue weighted by atomic mass is 10.1. The smallest absolute Gasteiger partial charge is 0.223 e. The van der Waals surface area contributed by atoms with Crippen molar-refractivity contribution in [3.8, 4) is 0 Å². The van der Waals surface area contributed by atoms with Gasteiger partial charge in [-0.05, 0) is 63.0 Å². The fourth-order valence-corrected chi connectivity index (χ4v) is 3.67. The van der Waals surface area contributed by atoms with E-state index < -0.39 is 0 Å². The van der Waals surface area contributed by atoms with E-state index in [1.165, 1.54) is 16.0 Å². The molecule has 0 aromatic heterocycles. The summed E-state index contributed by atoms with van der Waals surface area (Å²) < 4.78 is 0. The summed E-state index contributed by atoms with van der Waals surface area (Å²) in [6.07, 6.45) is 1.78. The predicted molar refractivity (Wildman–Crippen MR) is 89.9 cm³/mol. The minimum atomic E-state index is 0.310. The lowest BCUT2D eigenvalue weighted by Crippen LogP contribution is -2.30. The summed E-state index contributed by atoms with van der Waals surface area (Å²) in [7, 11) is 1.98. The predicted octanol–water partition coefficient (Wildman–Crippen LogP) is 2.85. The maximum Gasteiger partial charge on any atom is 0.223 e. The maximum absolute atomic E-state index is 12.2. The summed E-state index contributed by atoms with van der Waals surface area (Å²) in [4.78, 5) is 15.5. The number of hydrogen-bond donors (Lipinski definition) is 1. The van der Waals surface area contributed by atoms with Crippen molar-refractivity contribution >= 4 is 17.7 Å². The van der Waals surface area contributed by atoms with Crippen molar-refractivity contribution in [2.45, 2.75) is 31.6 Å². The highest BCUT2D eigenvalue weighted by atomic mass is 32.2. The first-order valence-electron chi connectivity index (χ1n) is 7.72. The number of aryl methyl sites for hydroxylation is 2. The van der Waals surface area contributed by atoms with Crippen LogP contribution in [0, 0.1) is 19.8 Å². The van der Waals surface area contributed by atoms with Crippen molar-refractivity contribution in [1.82, 2.24) is 10.2 Å². The third-order valence-corrected chi connectivity index (χ3v) is 5.19. The molecule has 21 heavy (non-hydrogen) atoms. The molecule has 116 valence electrons. The Kier molecular flexibility index (Phi) is 6.12. The Balaban J connectivity index is 1.73. The Bertz CT molecular complexity index is 490. The van der Waals surface area contributed by atoms with Gasteiger partial charge in [-0.2, -0.15) is 0 Å². The van der Waals surface area contributed by atoms with Gasteiger partial charge in [-0.25, -0.2) is 0 Å². The largest absolute Gasteiger partial charge is 0.342 e. The van der Waals surface area contributed by atoms with Crippen molar-refractivity contribution in [3.05, 3.63) is 29.3 Å². The van der Waals surface area contributed by atoms with Gasteiger partial charge >= 0.3 is 0 Å². The van der Waals surface area contributed by atoms with Crippen LogP contribution in [0.15, 0.2) is 23.1 Å². The van der Waals surface area contributed by atoms with Gasteiger partial charge in [0.1, 0.15) is 0 Å². The lowest BCUT2D eigenvalue weighted by molar-refractivity contribution is -0.129. The van der Waals surface area contributed by atoms with E-state index in [1.807, 2.05) is 11.9 Å². The SMILES string of the molecule is CNCC1CCN(C(=O)CCSc2ccc(C)c(C)c2)C1. The summed E-state index contributed by atoms with van der Waals surface area (Å²) in [5.41, 5.74) is 2.64. The molecule has 4 heteroatoms. The third kappa shape index (κ3) is 4.75. The third-order valence-electron chi connectivity index (χ3n) is 4.19. The Labute approximate surface area is 132 Å². The van der Waals surface area contributed by atoms with Gasteiger partial charge in [-0.3, -0.25) is 4.79 Å². The highest BCUT2D eigenvalue weighted by Gasteiger charge is 2.25. The van der Waals surface area contributed by atoms with Crippen LogP contribution in [0.5, 0.6) is 0 Å². The van der Waals surface area contributed by atoms with E-state index >= 15 is 0 Å².